The second-order valence-corrected chi connectivity index (χ2v) is 7.85. The first-order chi connectivity index (χ1) is 12.8. The lowest BCUT2D eigenvalue weighted by Crippen LogP contribution is -2.56. The summed E-state index contributed by atoms with van der Waals surface area (Å²) in [6, 6.07) is 5.26. The Morgan fingerprint density at radius 1 is 1.14 bits per heavy atom. The molecule has 2 amide bonds. The molecule has 8 nitrogen and oxygen atoms in total. The van der Waals surface area contributed by atoms with Gasteiger partial charge in [0.2, 0.25) is 0 Å². The van der Waals surface area contributed by atoms with Gasteiger partial charge in [-0.3, -0.25) is 18.7 Å². The van der Waals surface area contributed by atoms with Gasteiger partial charge in [-0.25, -0.2) is 9.18 Å². The van der Waals surface area contributed by atoms with E-state index < -0.39 is 64.1 Å². The smallest absolute Gasteiger partial charge is 0.479 e. The molecule has 0 unspecified atom stereocenters. The van der Waals surface area contributed by atoms with E-state index in [-0.39, 0.29) is 16.0 Å². The predicted molar refractivity (Wildman–Crippen MR) is 81.3 cm³/mol. The van der Waals surface area contributed by atoms with Crippen LogP contribution in [0.3, 0.4) is 0 Å². The molecule has 1 aromatic rings. The summed E-state index contributed by atoms with van der Waals surface area (Å²) in [7, 11) is -6.22. The molecule has 2 aliphatic rings. The van der Waals surface area contributed by atoms with Crippen LogP contribution in [-0.4, -0.2) is 59.5 Å². The maximum atomic E-state index is 14.3. The van der Waals surface area contributed by atoms with Crippen LogP contribution in [0.5, 0.6) is 0 Å². The van der Waals surface area contributed by atoms with Gasteiger partial charge in [0.15, 0.2) is 5.54 Å². The molecule has 1 aromatic carbocycles. The van der Waals surface area contributed by atoms with Crippen molar-refractivity contribution < 1.29 is 49.7 Å². The van der Waals surface area contributed by atoms with Crippen molar-refractivity contribution in [1.29, 1.82) is 0 Å². The lowest BCUT2D eigenvalue weighted by atomic mass is 9.95. The van der Waals surface area contributed by atoms with Crippen LogP contribution in [0.15, 0.2) is 24.3 Å². The number of hydrogen-bond acceptors (Lipinski definition) is 6. The number of imide groups is 1. The minimum Gasteiger partial charge on any atom is -0.479 e. The maximum Gasteiger partial charge on any atom is 0.523 e. The molecule has 0 radical (unpaired) electrons. The molecule has 1 heterocycles. The van der Waals surface area contributed by atoms with E-state index in [4.69, 9.17) is 0 Å². The van der Waals surface area contributed by atoms with Crippen LogP contribution >= 0.6 is 0 Å². The van der Waals surface area contributed by atoms with Crippen molar-refractivity contribution in [3.63, 3.8) is 0 Å². The third kappa shape index (κ3) is 2.85. The Hall–Kier alpha value is -2.54. The molecule has 0 saturated heterocycles. The lowest BCUT2D eigenvalue weighted by molar-refractivity contribution is -0.148. The van der Waals surface area contributed by atoms with Crippen LogP contribution in [-0.2, 0) is 19.1 Å². The Morgan fingerprint density at radius 3 is 2.07 bits per heavy atom. The highest BCUT2D eigenvalue weighted by Gasteiger charge is 2.62. The molecule has 1 aliphatic heterocycles. The van der Waals surface area contributed by atoms with Crippen LogP contribution in [0, 0.1) is 0 Å². The van der Waals surface area contributed by atoms with Crippen molar-refractivity contribution in [3.8, 4) is 0 Å². The number of carbonyl (C=O) groups is 3. The van der Waals surface area contributed by atoms with Gasteiger partial charge in [-0.05, 0) is 12.1 Å². The second kappa shape index (κ2) is 6.24. The number of rotatable bonds is 4. The summed E-state index contributed by atoms with van der Waals surface area (Å²) in [5, 5.41) is 9.59. The van der Waals surface area contributed by atoms with E-state index >= 15 is 0 Å². The van der Waals surface area contributed by atoms with E-state index in [9.17, 15) is 45.5 Å². The van der Waals surface area contributed by atoms with Crippen molar-refractivity contribution in [2.45, 2.75) is 36.2 Å². The number of aliphatic carboxylic acids is 1. The normalized spacial score (nSPS) is 27.9. The second-order valence-electron chi connectivity index (χ2n) is 6.29. The van der Waals surface area contributed by atoms with Crippen molar-refractivity contribution in [2.24, 2.45) is 0 Å². The Labute approximate surface area is 154 Å². The van der Waals surface area contributed by atoms with Gasteiger partial charge in [0, 0.05) is 12.8 Å². The topological polar surface area (TPSA) is 118 Å². The van der Waals surface area contributed by atoms with Crippen LogP contribution < -0.4 is 0 Å². The Balaban J connectivity index is 1.99. The highest BCUT2D eigenvalue weighted by atomic mass is 32.2. The van der Waals surface area contributed by atoms with Crippen LogP contribution in [0.4, 0.5) is 17.6 Å². The van der Waals surface area contributed by atoms with Crippen molar-refractivity contribution in [3.05, 3.63) is 35.4 Å². The monoisotopic (exact) mass is 425 g/mol. The van der Waals surface area contributed by atoms with Gasteiger partial charge in [-0.2, -0.15) is 21.6 Å². The molecule has 152 valence electrons. The summed E-state index contributed by atoms with van der Waals surface area (Å²) in [5.41, 5.74) is -8.76. The maximum absolute atomic E-state index is 14.3. The molecule has 0 bridgehead atoms. The fraction of sp³-hybridized carbons (Fsp3) is 0.400. The number of alkyl halides is 4. The molecular weight excluding hydrogens is 414 g/mol. The fourth-order valence-electron chi connectivity index (χ4n) is 3.34. The van der Waals surface area contributed by atoms with Crippen molar-refractivity contribution in [2.75, 3.05) is 0 Å². The molecule has 3 rings (SSSR count). The largest absolute Gasteiger partial charge is 0.523 e. The minimum atomic E-state index is -6.22. The summed E-state index contributed by atoms with van der Waals surface area (Å²) in [4.78, 5) is 37.2. The van der Waals surface area contributed by atoms with Gasteiger partial charge >= 0.3 is 21.6 Å². The Bertz CT molecular complexity index is 942. The average Bonchev–Trinajstić information content (AvgIpc) is 3.03. The quantitative estimate of drug-likeness (QED) is 0.336. The van der Waals surface area contributed by atoms with Gasteiger partial charge in [0.1, 0.15) is 12.3 Å². The van der Waals surface area contributed by atoms with Crippen LogP contribution in [0.2, 0.25) is 0 Å². The van der Waals surface area contributed by atoms with E-state index in [1.807, 2.05) is 0 Å². The summed E-state index contributed by atoms with van der Waals surface area (Å²) < 4.78 is 78.0. The van der Waals surface area contributed by atoms with E-state index in [0.717, 1.165) is 0 Å². The van der Waals surface area contributed by atoms with E-state index in [0.29, 0.717) is 0 Å². The number of halogens is 4. The fourth-order valence-corrected chi connectivity index (χ4v) is 3.96. The number of hydrogen-bond donors (Lipinski definition) is 1. The van der Waals surface area contributed by atoms with Gasteiger partial charge in [0.05, 0.1) is 11.1 Å². The number of benzene rings is 1. The standard InChI is InChI=1S/C15H11F4NO7S/c16-9-5-14(13(23)24,6-10(9)27-28(25,26)15(17,18)19)20-11(21)7-3-1-2-4-8(7)12(20)22/h1-4,9-10H,5-6H2,(H,23,24)/t9-,10-,14+/m0/s1. The summed E-state index contributed by atoms with van der Waals surface area (Å²) in [6.07, 6.45) is -7.11. The first-order valence-corrected chi connectivity index (χ1v) is 9.07. The minimum absolute atomic E-state index is 0.157. The van der Waals surface area contributed by atoms with E-state index in [1.165, 1.54) is 24.3 Å². The molecule has 1 saturated carbocycles. The highest BCUT2D eigenvalue weighted by Crippen LogP contribution is 2.44. The predicted octanol–water partition coefficient (Wildman–Crippen LogP) is 1.47. The molecule has 13 heteroatoms. The van der Waals surface area contributed by atoms with E-state index in [1.54, 1.807) is 0 Å². The van der Waals surface area contributed by atoms with Crippen molar-refractivity contribution in [1.82, 2.24) is 4.90 Å². The molecule has 0 spiro atoms. The van der Waals surface area contributed by atoms with Crippen LogP contribution in [0.1, 0.15) is 33.6 Å². The highest BCUT2D eigenvalue weighted by molar-refractivity contribution is 7.87. The molecule has 0 aromatic heterocycles. The molecular formula is C15H11F4NO7S. The zero-order chi connectivity index (χ0) is 21.1. The first-order valence-electron chi connectivity index (χ1n) is 7.67. The number of carboxylic acid groups (broad SMARTS) is 1. The summed E-state index contributed by atoms with van der Waals surface area (Å²) >= 11 is 0. The number of fused-ring (bicyclic) bond motifs is 1. The first kappa shape index (κ1) is 20.2. The van der Waals surface area contributed by atoms with Crippen molar-refractivity contribution >= 4 is 27.9 Å². The summed E-state index contributed by atoms with van der Waals surface area (Å²) in [6.45, 7) is 0. The van der Waals surface area contributed by atoms with E-state index in [2.05, 4.69) is 4.18 Å². The SMILES string of the molecule is O=C1c2ccccc2C(=O)N1[C@@]1(C(=O)O)C[C@H](OS(=O)(=O)C(F)(F)F)[C@@H](F)C1. The van der Waals surface area contributed by atoms with Gasteiger partial charge in [0.25, 0.3) is 11.8 Å². The molecule has 3 atom stereocenters. The summed E-state index contributed by atoms with van der Waals surface area (Å²) in [5.74, 6) is -4.02. The molecule has 28 heavy (non-hydrogen) atoms. The number of amides is 2. The zero-order valence-corrected chi connectivity index (χ0v) is 14.5. The van der Waals surface area contributed by atoms with Gasteiger partial charge in [-0.1, -0.05) is 12.1 Å². The average molecular weight is 425 g/mol. The van der Waals surface area contributed by atoms with Crippen LogP contribution in [0.25, 0.3) is 0 Å². The molecule has 1 fully saturated rings. The lowest BCUT2D eigenvalue weighted by Gasteiger charge is -2.32. The molecule has 1 aliphatic carbocycles. The number of nitrogens with zero attached hydrogens (tertiary/aromatic N) is 1. The van der Waals surface area contributed by atoms with Gasteiger partial charge in [-0.15, -0.1) is 0 Å². The molecule has 1 N–H and O–H groups in total. The zero-order valence-electron chi connectivity index (χ0n) is 13.6. The number of carbonyl (C=O) groups excluding carboxylic acids is 2. The Morgan fingerprint density at radius 2 is 1.64 bits per heavy atom. The Kier molecular flexibility index (Phi) is 4.50. The number of carboxylic acids is 1. The third-order valence-corrected chi connectivity index (χ3v) is 5.70. The third-order valence-electron chi connectivity index (χ3n) is 4.63. The van der Waals surface area contributed by atoms with Gasteiger partial charge < -0.3 is 5.11 Å².